The van der Waals surface area contributed by atoms with E-state index in [0.717, 1.165) is 5.69 Å². The Morgan fingerprint density at radius 1 is 1.89 bits per heavy atom. The lowest BCUT2D eigenvalue weighted by molar-refractivity contribution is 0.755. The van der Waals surface area contributed by atoms with E-state index in [2.05, 4.69) is 11.7 Å². The van der Waals surface area contributed by atoms with Crippen LogP contribution in [0.25, 0.3) is 5.70 Å². The van der Waals surface area contributed by atoms with Gasteiger partial charge in [-0.25, -0.2) is 0 Å². The first-order valence-corrected chi connectivity index (χ1v) is 2.64. The number of rotatable bonds is 1. The summed E-state index contributed by atoms with van der Waals surface area (Å²) in [6, 6.07) is 1.82. The molecule has 2 N–H and O–H groups in total. The molecule has 0 aliphatic carbocycles. The second-order valence-corrected chi connectivity index (χ2v) is 1.87. The second-order valence-electron chi connectivity index (χ2n) is 1.87. The van der Waals surface area contributed by atoms with Crippen LogP contribution in [0.1, 0.15) is 5.69 Å². The van der Waals surface area contributed by atoms with Crippen LogP contribution in [0.2, 0.25) is 0 Å². The zero-order valence-corrected chi connectivity index (χ0v) is 5.33. The number of hydrogen-bond donors (Lipinski definition) is 1. The lowest BCUT2D eigenvalue weighted by Crippen LogP contribution is -2.01. The number of nitrogens with two attached hydrogens (primary N) is 1. The Morgan fingerprint density at radius 3 is 2.78 bits per heavy atom. The van der Waals surface area contributed by atoms with E-state index in [1.807, 2.05) is 13.1 Å². The van der Waals surface area contributed by atoms with Crippen molar-refractivity contribution >= 4 is 5.70 Å². The van der Waals surface area contributed by atoms with Crippen molar-refractivity contribution in [1.29, 1.82) is 0 Å². The van der Waals surface area contributed by atoms with Gasteiger partial charge in [-0.05, 0) is 6.07 Å². The van der Waals surface area contributed by atoms with Crippen molar-refractivity contribution in [2.24, 2.45) is 12.8 Å². The summed E-state index contributed by atoms with van der Waals surface area (Å²) in [5.41, 5.74) is 6.83. The van der Waals surface area contributed by atoms with Gasteiger partial charge < -0.3 is 5.73 Å². The molecule has 1 aromatic rings. The van der Waals surface area contributed by atoms with Gasteiger partial charge in [-0.1, -0.05) is 6.58 Å². The zero-order chi connectivity index (χ0) is 6.85. The smallest absolute Gasteiger partial charge is 0.0829 e. The van der Waals surface area contributed by atoms with Gasteiger partial charge in [0.15, 0.2) is 0 Å². The molecule has 0 atom stereocenters. The number of nitrogens with zero attached hydrogens (tertiary/aromatic N) is 2. The molecule has 48 valence electrons. The van der Waals surface area contributed by atoms with Crippen molar-refractivity contribution in [2.45, 2.75) is 0 Å². The Morgan fingerprint density at radius 2 is 2.56 bits per heavy atom. The van der Waals surface area contributed by atoms with Crippen molar-refractivity contribution in [3.05, 3.63) is 24.5 Å². The van der Waals surface area contributed by atoms with Crippen molar-refractivity contribution in [3.8, 4) is 0 Å². The Bertz CT molecular complexity index is 224. The Hall–Kier alpha value is -1.25. The van der Waals surface area contributed by atoms with Crippen LogP contribution < -0.4 is 5.73 Å². The maximum atomic E-state index is 5.40. The third-order valence-electron chi connectivity index (χ3n) is 1.15. The molecule has 3 nitrogen and oxygen atoms in total. The van der Waals surface area contributed by atoms with Crippen LogP contribution in [-0.2, 0) is 7.05 Å². The lowest BCUT2D eigenvalue weighted by Gasteiger charge is -1.96. The molecule has 9 heavy (non-hydrogen) atoms. The molecule has 1 heterocycles. The molecule has 0 spiro atoms. The Balaban J connectivity index is 3.08. The van der Waals surface area contributed by atoms with Gasteiger partial charge in [-0.2, -0.15) is 5.10 Å². The molecule has 0 unspecified atom stereocenters. The fourth-order valence-corrected chi connectivity index (χ4v) is 0.689. The minimum atomic E-state index is 0.551. The highest BCUT2D eigenvalue weighted by Crippen LogP contribution is 2.01. The van der Waals surface area contributed by atoms with Crippen LogP contribution in [0.4, 0.5) is 0 Å². The quantitative estimate of drug-likeness (QED) is 0.585. The second kappa shape index (κ2) is 1.93. The van der Waals surface area contributed by atoms with Crippen molar-refractivity contribution in [2.75, 3.05) is 0 Å². The summed E-state index contributed by atoms with van der Waals surface area (Å²) in [4.78, 5) is 0. The van der Waals surface area contributed by atoms with Crippen molar-refractivity contribution < 1.29 is 0 Å². The molecule has 3 heteroatoms. The van der Waals surface area contributed by atoms with Crippen LogP contribution in [0.15, 0.2) is 18.8 Å². The maximum Gasteiger partial charge on any atom is 0.0829 e. The zero-order valence-electron chi connectivity index (χ0n) is 5.33. The molecular formula is C6H9N3. The topological polar surface area (TPSA) is 43.8 Å². The Kier molecular flexibility index (Phi) is 1.26. The van der Waals surface area contributed by atoms with Gasteiger partial charge >= 0.3 is 0 Å². The highest BCUT2D eigenvalue weighted by atomic mass is 15.3. The fourth-order valence-electron chi connectivity index (χ4n) is 0.689. The lowest BCUT2D eigenvalue weighted by atomic mass is 10.3. The molecule has 1 rings (SSSR count). The molecule has 0 radical (unpaired) electrons. The summed E-state index contributed by atoms with van der Waals surface area (Å²) >= 11 is 0. The van der Waals surface area contributed by atoms with Gasteiger partial charge in [0.05, 0.1) is 5.69 Å². The summed E-state index contributed by atoms with van der Waals surface area (Å²) in [7, 11) is 1.83. The van der Waals surface area contributed by atoms with Crippen molar-refractivity contribution in [3.63, 3.8) is 0 Å². The highest BCUT2D eigenvalue weighted by molar-refractivity contribution is 5.56. The standard InChI is InChI=1S/C6H9N3/c1-5(7)6-3-4-8-9(6)2/h3-4H,1,7H2,2H3. The molecule has 0 saturated heterocycles. The predicted octanol–water partition coefficient (Wildman–Crippen LogP) is 0.350. The normalized spacial score (nSPS) is 9.44. The summed E-state index contributed by atoms with van der Waals surface area (Å²) in [6.07, 6.45) is 1.69. The van der Waals surface area contributed by atoms with E-state index in [1.165, 1.54) is 0 Å². The third-order valence-corrected chi connectivity index (χ3v) is 1.15. The molecular weight excluding hydrogens is 114 g/mol. The third kappa shape index (κ3) is 0.937. The number of hydrogen-bond acceptors (Lipinski definition) is 2. The van der Waals surface area contributed by atoms with E-state index < -0.39 is 0 Å². The summed E-state index contributed by atoms with van der Waals surface area (Å²) in [5.74, 6) is 0. The van der Waals surface area contributed by atoms with E-state index in [1.54, 1.807) is 10.9 Å². The number of aromatic nitrogens is 2. The molecule has 0 saturated carbocycles. The summed E-state index contributed by atoms with van der Waals surface area (Å²) in [6.45, 7) is 3.58. The van der Waals surface area contributed by atoms with Gasteiger partial charge in [-0.3, -0.25) is 4.68 Å². The molecule has 0 aromatic carbocycles. The van der Waals surface area contributed by atoms with E-state index in [-0.39, 0.29) is 0 Å². The van der Waals surface area contributed by atoms with Crippen LogP contribution in [-0.4, -0.2) is 9.78 Å². The summed E-state index contributed by atoms with van der Waals surface area (Å²) < 4.78 is 1.68. The predicted molar refractivity (Wildman–Crippen MR) is 36.4 cm³/mol. The minimum absolute atomic E-state index is 0.551. The van der Waals surface area contributed by atoms with Crippen LogP contribution in [0, 0.1) is 0 Å². The molecule has 1 aromatic heterocycles. The van der Waals surface area contributed by atoms with E-state index in [9.17, 15) is 0 Å². The summed E-state index contributed by atoms with van der Waals surface area (Å²) in [5, 5.41) is 3.91. The first-order valence-electron chi connectivity index (χ1n) is 2.64. The van der Waals surface area contributed by atoms with Gasteiger partial charge in [0.2, 0.25) is 0 Å². The van der Waals surface area contributed by atoms with Crippen LogP contribution >= 0.6 is 0 Å². The van der Waals surface area contributed by atoms with Gasteiger partial charge in [0, 0.05) is 18.9 Å². The van der Waals surface area contributed by atoms with Crippen LogP contribution in [0.3, 0.4) is 0 Å². The average Bonchev–Trinajstić information content (AvgIpc) is 2.13. The van der Waals surface area contributed by atoms with Crippen molar-refractivity contribution in [1.82, 2.24) is 9.78 Å². The first kappa shape index (κ1) is 5.88. The fraction of sp³-hybridized carbons (Fsp3) is 0.167. The van der Waals surface area contributed by atoms with Crippen LogP contribution in [0.5, 0.6) is 0 Å². The van der Waals surface area contributed by atoms with E-state index in [0.29, 0.717) is 5.70 Å². The SMILES string of the molecule is C=C(N)c1ccnn1C. The van der Waals surface area contributed by atoms with Gasteiger partial charge in [0.1, 0.15) is 0 Å². The number of aryl methyl sites for hydroxylation is 1. The van der Waals surface area contributed by atoms with E-state index >= 15 is 0 Å². The molecule has 0 amide bonds. The van der Waals surface area contributed by atoms with Gasteiger partial charge in [-0.15, -0.1) is 0 Å². The molecule has 0 aliphatic heterocycles. The largest absolute Gasteiger partial charge is 0.397 e. The molecule has 0 bridgehead atoms. The highest BCUT2D eigenvalue weighted by Gasteiger charge is 1.96. The minimum Gasteiger partial charge on any atom is -0.397 e. The first-order chi connectivity index (χ1) is 4.22. The van der Waals surface area contributed by atoms with E-state index in [4.69, 9.17) is 5.73 Å². The van der Waals surface area contributed by atoms with Gasteiger partial charge in [0.25, 0.3) is 0 Å². The maximum absolute atomic E-state index is 5.40. The Labute approximate surface area is 53.8 Å². The monoisotopic (exact) mass is 123 g/mol. The molecule has 0 aliphatic rings. The average molecular weight is 123 g/mol. The molecule has 0 fully saturated rings.